The highest BCUT2D eigenvalue weighted by atomic mass is 16.3. The Bertz CT molecular complexity index is 109. The third-order valence-corrected chi connectivity index (χ3v) is 2.01. The van der Waals surface area contributed by atoms with Crippen molar-refractivity contribution in [3.05, 3.63) is 0 Å². The summed E-state index contributed by atoms with van der Waals surface area (Å²) in [5, 5.41) is 11.7. The average Bonchev–Trinajstić information content (AvgIpc) is 2.10. The van der Waals surface area contributed by atoms with E-state index in [2.05, 4.69) is 24.1 Å². The molecule has 0 radical (unpaired) electrons. The van der Waals surface area contributed by atoms with Crippen molar-refractivity contribution in [1.29, 1.82) is 0 Å². The van der Waals surface area contributed by atoms with Gasteiger partial charge in [0.2, 0.25) is 0 Å². The van der Waals surface area contributed by atoms with Crippen molar-refractivity contribution >= 4 is 0 Å². The van der Waals surface area contributed by atoms with Gasteiger partial charge in [-0.1, -0.05) is 0 Å². The number of hydrogen-bond acceptors (Lipinski definition) is 4. The molecule has 0 amide bonds. The zero-order valence-electron chi connectivity index (χ0n) is 8.79. The van der Waals surface area contributed by atoms with Crippen LogP contribution in [0.5, 0.6) is 0 Å². The highest BCUT2D eigenvalue weighted by Gasteiger charge is 2.06. The molecule has 4 heteroatoms. The molecule has 0 fully saturated rings. The predicted molar refractivity (Wildman–Crippen MR) is 55.7 cm³/mol. The van der Waals surface area contributed by atoms with E-state index in [1.54, 1.807) is 0 Å². The van der Waals surface area contributed by atoms with Crippen LogP contribution in [-0.4, -0.2) is 55.4 Å². The topological polar surface area (TPSA) is 61.5 Å². The lowest BCUT2D eigenvalue weighted by Crippen LogP contribution is -2.40. The zero-order chi connectivity index (χ0) is 10.1. The molecule has 13 heavy (non-hydrogen) atoms. The fourth-order valence-corrected chi connectivity index (χ4v) is 1.22. The van der Waals surface area contributed by atoms with E-state index in [4.69, 9.17) is 10.8 Å². The summed E-state index contributed by atoms with van der Waals surface area (Å²) in [7, 11) is 0. The van der Waals surface area contributed by atoms with E-state index < -0.39 is 0 Å². The highest BCUT2D eigenvalue weighted by molar-refractivity contribution is 4.64. The molecule has 0 aromatic rings. The smallest absolute Gasteiger partial charge is 0.0555 e. The zero-order valence-corrected chi connectivity index (χ0v) is 8.79. The van der Waals surface area contributed by atoms with Gasteiger partial charge in [-0.25, -0.2) is 0 Å². The molecule has 0 rings (SSSR count). The van der Waals surface area contributed by atoms with Gasteiger partial charge in [-0.05, 0) is 13.8 Å². The lowest BCUT2D eigenvalue weighted by molar-refractivity contribution is 0.224. The number of rotatable bonds is 8. The van der Waals surface area contributed by atoms with E-state index in [0.29, 0.717) is 19.1 Å². The quantitative estimate of drug-likeness (QED) is 0.439. The molecule has 0 atom stereocenters. The molecule has 0 aliphatic carbocycles. The number of aliphatic hydroxyl groups is 1. The average molecular weight is 189 g/mol. The molecule has 0 aromatic carbocycles. The van der Waals surface area contributed by atoms with Crippen molar-refractivity contribution in [3.63, 3.8) is 0 Å². The van der Waals surface area contributed by atoms with Gasteiger partial charge in [-0.3, -0.25) is 4.90 Å². The third-order valence-electron chi connectivity index (χ3n) is 2.01. The number of nitrogens with one attached hydrogen (secondary N) is 1. The minimum Gasteiger partial charge on any atom is -0.395 e. The highest BCUT2D eigenvalue weighted by Crippen LogP contribution is 1.94. The Morgan fingerprint density at radius 2 is 2.00 bits per heavy atom. The molecule has 0 saturated carbocycles. The molecule has 0 saturated heterocycles. The second-order valence-corrected chi connectivity index (χ2v) is 3.39. The van der Waals surface area contributed by atoms with Crippen LogP contribution in [0.3, 0.4) is 0 Å². The van der Waals surface area contributed by atoms with Crippen LogP contribution in [0, 0.1) is 0 Å². The van der Waals surface area contributed by atoms with Crippen molar-refractivity contribution in [2.24, 2.45) is 5.73 Å². The summed E-state index contributed by atoms with van der Waals surface area (Å²) in [5.74, 6) is 0. The van der Waals surface area contributed by atoms with Crippen LogP contribution in [0.2, 0.25) is 0 Å². The summed E-state index contributed by atoms with van der Waals surface area (Å²) in [5.41, 5.74) is 5.50. The monoisotopic (exact) mass is 189 g/mol. The van der Waals surface area contributed by atoms with Crippen molar-refractivity contribution in [3.8, 4) is 0 Å². The van der Waals surface area contributed by atoms with Gasteiger partial charge in [0.15, 0.2) is 0 Å². The SMILES string of the molecule is CC(C)N(CCN)CCNCCO. The molecule has 0 spiro atoms. The van der Waals surface area contributed by atoms with Gasteiger partial charge in [0.25, 0.3) is 0 Å². The maximum Gasteiger partial charge on any atom is 0.0555 e. The van der Waals surface area contributed by atoms with Crippen molar-refractivity contribution in [1.82, 2.24) is 10.2 Å². The lowest BCUT2D eigenvalue weighted by Gasteiger charge is -2.25. The summed E-state index contributed by atoms with van der Waals surface area (Å²) < 4.78 is 0. The molecular formula is C9H23N3O. The van der Waals surface area contributed by atoms with Crippen molar-refractivity contribution in [2.75, 3.05) is 39.3 Å². The standard InChI is InChI=1S/C9H23N3O/c1-9(2)12(6-3-10)7-4-11-5-8-13/h9,11,13H,3-8,10H2,1-2H3. The van der Waals surface area contributed by atoms with E-state index in [9.17, 15) is 0 Å². The normalized spacial score (nSPS) is 11.5. The number of nitrogens with two attached hydrogens (primary N) is 1. The molecule has 0 heterocycles. The largest absolute Gasteiger partial charge is 0.395 e. The maximum absolute atomic E-state index is 8.55. The third kappa shape index (κ3) is 6.95. The molecule has 80 valence electrons. The lowest BCUT2D eigenvalue weighted by atomic mass is 10.3. The second-order valence-electron chi connectivity index (χ2n) is 3.39. The maximum atomic E-state index is 8.55. The van der Waals surface area contributed by atoms with E-state index in [1.807, 2.05) is 0 Å². The predicted octanol–water partition coefficient (Wildman–Crippen LogP) is -0.763. The molecule has 4 nitrogen and oxygen atoms in total. The van der Waals surface area contributed by atoms with Crippen LogP contribution in [0.15, 0.2) is 0 Å². The van der Waals surface area contributed by atoms with Gasteiger partial charge in [0, 0.05) is 38.8 Å². The van der Waals surface area contributed by atoms with Crippen molar-refractivity contribution < 1.29 is 5.11 Å². The van der Waals surface area contributed by atoms with Gasteiger partial charge in [-0.15, -0.1) is 0 Å². The molecule has 0 aliphatic rings. The summed E-state index contributed by atoms with van der Waals surface area (Å²) in [6.07, 6.45) is 0. The van der Waals surface area contributed by atoms with Crippen LogP contribution < -0.4 is 11.1 Å². The van der Waals surface area contributed by atoms with Crippen LogP contribution in [0.4, 0.5) is 0 Å². The van der Waals surface area contributed by atoms with Crippen molar-refractivity contribution in [2.45, 2.75) is 19.9 Å². The Hall–Kier alpha value is -0.160. The van der Waals surface area contributed by atoms with Gasteiger partial charge >= 0.3 is 0 Å². The number of aliphatic hydroxyl groups excluding tert-OH is 1. The Morgan fingerprint density at radius 1 is 1.31 bits per heavy atom. The number of nitrogens with zero attached hydrogens (tertiary/aromatic N) is 1. The van der Waals surface area contributed by atoms with Gasteiger partial charge < -0.3 is 16.2 Å². The summed E-state index contributed by atoms with van der Waals surface area (Å²) in [4.78, 5) is 2.32. The number of hydrogen-bond donors (Lipinski definition) is 3. The molecule has 0 aromatic heterocycles. The molecule has 0 aliphatic heterocycles. The molecule has 0 bridgehead atoms. The molecule has 0 unspecified atom stereocenters. The first kappa shape index (κ1) is 12.8. The first-order chi connectivity index (χ1) is 6.22. The summed E-state index contributed by atoms with van der Waals surface area (Å²) in [6, 6.07) is 0.541. The Labute approximate surface area is 81.1 Å². The molecule has 4 N–H and O–H groups in total. The summed E-state index contributed by atoms with van der Waals surface area (Å²) in [6.45, 7) is 8.78. The van der Waals surface area contributed by atoms with E-state index >= 15 is 0 Å². The van der Waals surface area contributed by atoms with Crippen LogP contribution in [-0.2, 0) is 0 Å². The van der Waals surface area contributed by atoms with E-state index in [0.717, 1.165) is 19.6 Å². The Kier molecular flexibility index (Phi) is 8.33. The van der Waals surface area contributed by atoms with Crippen LogP contribution in [0.1, 0.15) is 13.8 Å². The fourth-order valence-electron chi connectivity index (χ4n) is 1.22. The minimum absolute atomic E-state index is 0.207. The Balaban J connectivity index is 3.45. The van der Waals surface area contributed by atoms with Gasteiger partial charge in [0.1, 0.15) is 0 Å². The Morgan fingerprint density at radius 3 is 2.46 bits per heavy atom. The first-order valence-electron chi connectivity index (χ1n) is 4.98. The van der Waals surface area contributed by atoms with E-state index in [-0.39, 0.29) is 6.61 Å². The second kappa shape index (κ2) is 8.44. The van der Waals surface area contributed by atoms with E-state index in [1.165, 1.54) is 0 Å². The van der Waals surface area contributed by atoms with Crippen LogP contribution >= 0.6 is 0 Å². The van der Waals surface area contributed by atoms with Crippen LogP contribution in [0.25, 0.3) is 0 Å². The van der Waals surface area contributed by atoms with Gasteiger partial charge in [0.05, 0.1) is 6.61 Å². The molecular weight excluding hydrogens is 166 g/mol. The van der Waals surface area contributed by atoms with Gasteiger partial charge in [-0.2, -0.15) is 0 Å². The minimum atomic E-state index is 0.207. The fraction of sp³-hybridized carbons (Fsp3) is 1.00. The summed E-state index contributed by atoms with van der Waals surface area (Å²) >= 11 is 0. The first-order valence-corrected chi connectivity index (χ1v) is 4.98.